The molecule has 20 heavy (non-hydrogen) atoms. The summed E-state index contributed by atoms with van der Waals surface area (Å²) < 4.78 is 0. The lowest BCUT2D eigenvalue weighted by Crippen LogP contribution is -2.12. The third kappa shape index (κ3) is 2.12. The minimum atomic E-state index is -0.195. The van der Waals surface area contributed by atoms with Gasteiger partial charge < -0.3 is 11.1 Å². The highest BCUT2D eigenvalue weighted by Crippen LogP contribution is 2.32. The summed E-state index contributed by atoms with van der Waals surface area (Å²) in [5.74, 6) is -0.195. The van der Waals surface area contributed by atoms with Crippen LogP contribution < -0.4 is 11.1 Å². The van der Waals surface area contributed by atoms with Gasteiger partial charge in [0.15, 0.2) is 0 Å². The molecule has 3 N–H and O–H groups in total. The maximum atomic E-state index is 12.3. The van der Waals surface area contributed by atoms with Gasteiger partial charge in [-0.15, -0.1) is 11.3 Å². The van der Waals surface area contributed by atoms with E-state index in [1.54, 1.807) is 6.20 Å². The van der Waals surface area contributed by atoms with Gasteiger partial charge in [0.25, 0.3) is 5.91 Å². The van der Waals surface area contributed by atoms with Crippen LogP contribution in [0.5, 0.6) is 0 Å². The van der Waals surface area contributed by atoms with Crippen LogP contribution in [0.2, 0.25) is 0 Å². The molecule has 0 aliphatic rings. The number of anilines is 2. The van der Waals surface area contributed by atoms with Gasteiger partial charge in [-0.05, 0) is 30.7 Å². The number of nitrogens with one attached hydrogen (secondary N) is 1. The smallest absolute Gasteiger partial charge is 0.267 e. The molecule has 0 unspecified atom stereocenters. The molecular formula is C15H13N3OS. The van der Waals surface area contributed by atoms with Gasteiger partial charge in [-0.25, -0.2) is 4.98 Å². The van der Waals surface area contributed by atoms with E-state index in [4.69, 9.17) is 5.73 Å². The summed E-state index contributed by atoms with van der Waals surface area (Å²) in [7, 11) is 0. The number of fused-ring (bicyclic) bond motifs is 1. The molecular weight excluding hydrogens is 270 g/mol. The topological polar surface area (TPSA) is 68.0 Å². The van der Waals surface area contributed by atoms with E-state index in [-0.39, 0.29) is 5.91 Å². The maximum absolute atomic E-state index is 12.3. The zero-order chi connectivity index (χ0) is 14.1. The lowest BCUT2D eigenvalue weighted by molar-refractivity contribution is 0.103. The quantitative estimate of drug-likeness (QED) is 0.757. The standard InChI is InChI=1S/C15H13N3OS/c1-9-5-2-3-7-11(9)18-14(19)13-12(16)10-6-4-8-17-15(10)20-13/h2-8H,16H2,1H3,(H,18,19). The number of benzene rings is 1. The molecule has 5 heteroatoms. The van der Waals surface area contributed by atoms with Gasteiger partial charge in [0.05, 0.1) is 5.69 Å². The zero-order valence-electron chi connectivity index (χ0n) is 10.9. The number of thiophene rings is 1. The molecule has 1 amide bonds. The molecule has 0 aliphatic carbocycles. The Kier molecular flexibility index (Phi) is 3.12. The van der Waals surface area contributed by atoms with Gasteiger partial charge in [-0.3, -0.25) is 4.79 Å². The van der Waals surface area contributed by atoms with Crippen LogP contribution in [0, 0.1) is 6.92 Å². The number of rotatable bonds is 2. The minimum absolute atomic E-state index is 0.195. The summed E-state index contributed by atoms with van der Waals surface area (Å²) in [5, 5.41) is 3.72. The van der Waals surface area contributed by atoms with E-state index in [0.717, 1.165) is 21.5 Å². The minimum Gasteiger partial charge on any atom is -0.397 e. The van der Waals surface area contributed by atoms with Crippen LogP contribution in [-0.4, -0.2) is 10.9 Å². The number of amides is 1. The largest absolute Gasteiger partial charge is 0.397 e. The molecule has 0 radical (unpaired) electrons. The molecule has 1 aromatic carbocycles. The highest BCUT2D eigenvalue weighted by Gasteiger charge is 2.17. The first-order valence-electron chi connectivity index (χ1n) is 6.17. The molecule has 0 fully saturated rings. The molecule has 2 aromatic heterocycles. The Morgan fingerprint density at radius 1 is 1.25 bits per heavy atom. The van der Waals surface area contributed by atoms with Crippen molar-refractivity contribution in [3.63, 3.8) is 0 Å². The van der Waals surface area contributed by atoms with Gasteiger partial charge in [0.1, 0.15) is 9.71 Å². The number of hydrogen-bond acceptors (Lipinski definition) is 4. The molecule has 0 bridgehead atoms. The van der Waals surface area contributed by atoms with E-state index < -0.39 is 0 Å². The number of aromatic nitrogens is 1. The SMILES string of the molecule is Cc1ccccc1NC(=O)c1sc2ncccc2c1N. The van der Waals surface area contributed by atoms with Crippen molar-refractivity contribution in [3.05, 3.63) is 53.0 Å². The Morgan fingerprint density at radius 3 is 2.80 bits per heavy atom. The van der Waals surface area contributed by atoms with Crippen LogP contribution in [0.1, 0.15) is 15.2 Å². The van der Waals surface area contributed by atoms with Gasteiger partial charge in [0.2, 0.25) is 0 Å². The maximum Gasteiger partial charge on any atom is 0.267 e. The molecule has 0 saturated heterocycles. The third-order valence-electron chi connectivity index (χ3n) is 3.10. The first kappa shape index (κ1) is 12.6. The zero-order valence-corrected chi connectivity index (χ0v) is 11.7. The highest BCUT2D eigenvalue weighted by atomic mass is 32.1. The van der Waals surface area contributed by atoms with Crippen molar-refractivity contribution in [1.82, 2.24) is 4.98 Å². The fourth-order valence-electron chi connectivity index (χ4n) is 2.01. The van der Waals surface area contributed by atoms with Gasteiger partial charge in [-0.2, -0.15) is 0 Å². The summed E-state index contributed by atoms with van der Waals surface area (Å²) in [6, 6.07) is 11.3. The predicted molar refractivity (Wildman–Crippen MR) is 83.2 cm³/mol. The first-order chi connectivity index (χ1) is 9.66. The number of aryl methyl sites for hydroxylation is 1. The number of nitrogens with zero attached hydrogens (tertiary/aromatic N) is 1. The average molecular weight is 283 g/mol. The second-order valence-electron chi connectivity index (χ2n) is 4.47. The van der Waals surface area contributed by atoms with Crippen LogP contribution in [0.3, 0.4) is 0 Å². The van der Waals surface area contributed by atoms with Crippen LogP contribution in [0.15, 0.2) is 42.6 Å². The fraction of sp³-hybridized carbons (Fsp3) is 0.0667. The van der Waals surface area contributed by atoms with E-state index in [9.17, 15) is 4.79 Å². The lowest BCUT2D eigenvalue weighted by atomic mass is 10.2. The second kappa shape index (κ2) is 4.94. The Morgan fingerprint density at radius 2 is 2.05 bits per heavy atom. The lowest BCUT2D eigenvalue weighted by Gasteiger charge is -2.07. The molecule has 3 rings (SSSR count). The monoisotopic (exact) mass is 283 g/mol. The predicted octanol–water partition coefficient (Wildman–Crippen LogP) is 3.44. The Bertz CT molecular complexity index is 795. The molecule has 0 aliphatic heterocycles. The number of carbonyl (C=O) groups is 1. The summed E-state index contributed by atoms with van der Waals surface area (Å²) in [6.07, 6.45) is 1.70. The van der Waals surface area contributed by atoms with Crippen LogP contribution in [0.25, 0.3) is 10.2 Å². The second-order valence-corrected chi connectivity index (χ2v) is 5.47. The van der Waals surface area contributed by atoms with E-state index in [1.165, 1.54) is 11.3 Å². The summed E-state index contributed by atoms with van der Waals surface area (Å²) in [5.41, 5.74) is 8.34. The molecule has 0 spiro atoms. The first-order valence-corrected chi connectivity index (χ1v) is 6.98. The van der Waals surface area contributed by atoms with Crippen molar-refractivity contribution in [2.45, 2.75) is 6.92 Å². The Balaban J connectivity index is 1.97. The Labute approximate surface area is 120 Å². The van der Waals surface area contributed by atoms with Gasteiger partial charge >= 0.3 is 0 Å². The number of pyridine rings is 1. The van der Waals surface area contributed by atoms with E-state index in [0.29, 0.717) is 10.6 Å². The van der Waals surface area contributed by atoms with Crippen molar-refractivity contribution >= 4 is 38.8 Å². The number of hydrogen-bond donors (Lipinski definition) is 2. The number of nitrogen functional groups attached to an aromatic ring is 1. The number of carbonyl (C=O) groups excluding carboxylic acids is 1. The summed E-state index contributed by atoms with van der Waals surface area (Å²) in [4.78, 5) is 17.9. The van der Waals surface area contributed by atoms with E-state index in [2.05, 4.69) is 10.3 Å². The third-order valence-corrected chi connectivity index (χ3v) is 4.23. The van der Waals surface area contributed by atoms with Crippen LogP contribution >= 0.6 is 11.3 Å². The van der Waals surface area contributed by atoms with E-state index >= 15 is 0 Å². The van der Waals surface area contributed by atoms with Crippen LogP contribution in [0.4, 0.5) is 11.4 Å². The van der Waals surface area contributed by atoms with Crippen LogP contribution in [-0.2, 0) is 0 Å². The van der Waals surface area contributed by atoms with Gasteiger partial charge in [0, 0.05) is 17.3 Å². The van der Waals surface area contributed by atoms with Crippen molar-refractivity contribution in [2.75, 3.05) is 11.1 Å². The van der Waals surface area contributed by atoms with Crippen molar-refractivity contribution in [1.29, 1.82) is 0 Å². The normalized spacial score (nSPS) is 10.7. The molecule has 3 aromatic rings. The average Bonchev–Trinajstić information content (AvgIpc) is 2.79. The van der Waals surface area contributed by atoms with E-state index in [1.807, 2.05) is 43.3 Å². The van der Waals surface area contributed by atoms with Crippen molar-refractivity contribution in [2.24, 2.45) is 0 Å². The molecule has 0 saturated carbocycles. The fourth-order valence-corrected chi connectivity index (χ4v) is 2.97. The van der Waals surface area contributed by atoms with Gasteiger partial charge in [-0.1, -0.05) is 18.2 Å². The highest BCUT2D eigenvalue weighted by molar-refractivity contribution is 7.21. The summed E-state index contributed by atoms with van der Waals surface area (Å²) in [6.45, 7) is 1.95. The Hall–Kier alpha value is -2.40. The summed E-state index contributed by atoms with van der Waals surface area (Å²) >= 11 is 1.31. The molecule has 0 atom stereocenters. The molecule has 100 valence electrons. The molecule has 4 nitrogen and oxygen atoms in total. The number of nitrogens with two attached hydrogens (primary N) is 1. The van der Waals surface area contributed by atoms with Crippen molar-refractivity contribution < 1.29 is 4.79 Å². The number of para-hydroxylation sites is 1. The molecule has 2 heterocycles. The van der Waals surface area contributed by atoms with Crippen molar-refractivity contribution in [3.8, 4) is 0 Å².